The van der Waals surface area contributed by atoms with Gasteiger partial charge in [-0.2, -0.15) is 37.6 Å². The lowest BCUT2D eigenvalue weighted by Gasteiger charge is -2.27. The van der Waals surface area contributed by atoms with Gasteiger partial charge in [-0.15, -0.1) is 13.2 Å². The Kier molecular flexibility index (Phi) is 8.71. The number of morpholine rings is 1. The molecule has 0 atom stereocenters. The van der Waals surface area contributed by atoms with E-state index in [1.165, 1.54) is 30.5 Å². The van der Waals surface area contributed by atoms with Crippen LogP contribution in [0.25, 0.3) is 0 Å². The molecule has 1 aliphatic rings. The molecule has 10 nitrogen and oxygen atoms in total. The number of halogens is 7. The van der Waals surface area contributed by atoms with Crippen molar-refractivity contribution in [2.75, 3.05) is 41.9 Å². The first-order valence-electron chi connectivity index (χ1n) is 11.4. The number of benzene rings is 2. The summed E-state index contributed by atoms with van der Waals surface area (Å²) < 4.78 is 102. The SMILES string of the molecule is FC(F)C(F)(F)Oc1cccc(/C=N/Nc2nc(Nc3ccc(OC(F)(F)F)cc3)nc(N3CCOCC3)n2)c1. The van der Waals surface area contributed by atoms with Gasteiger partial charge in [0.05, 0.1) is 19.4 Å². The largest absolute Gasteiger partial charge is 0.573 e. The number of hydrazone groups is 1. The van der Waals surface area contributed by atoms with Gasteiger partial charge in [0.25, 0.3) is 0 Å². The Labute approximate surface area is 221 Å². The quantitative estimate of drug-likeness (QED) is 0.196. The second kappa shape index (κ2) is 12.2. The molecule has 4 rings (SSSR count). The van der Waals surface area contributed by atoms with Crippen molar-refractivity contribution in [1.82, 2.24) is 15.0 Å². The molecule has 1 aliphatic heterocycles. The van der Waals surface area contributed by atoms with Gasteiger partial charge in [-0.1, -0.05) is 12.1 Å². The maximum absolute atomic E-state index is 13.2. The fourth-order valence-corrected chi connectivity index (χ4v) is 3.27. The highest BCUT2D eigenvalue weighted by molar-refractivity contribution is 5.80. The summed E-state index contributed by atoms with van der Waals surface area (Å²) in [6.07, 6.45) is -12.3. The van der Waals surface area contributed by atoms with Crippen LogP contribution in [0, 0.1) is 0 Å². The highest BCUT2D eigenvalue weighted by Crippen LogP contribution is 2.28. The van der Waals surface area contributed by atoms with E-state index in [2.05, 4.69) is 40.3 Å². The number of anilines is 4. The second-order valence-corrected chi connectivity index (χ2v) is 7.99. The molecule has 0 spiro atoms. The molecule has 40 heavy (non-hydrogen) atoms. The Hall–Kier alpha value is -4.41. The van der Waals surface area contributed by atoms with Crippen molar-refractivity contribution in [3.05, 3.63) is 54.1 Å². The maximum Gasteiger partial charge on any atom is 0.573 e. The summed E-state index contributed by atoms with van der Waals surface area (Å²) in [5.74, 6) is -0.665. The third-order valence-electron chi connectivity index (χ3n) is 5.01. The Bertz CT molecular complexity index is 1300. The molecule has 0 amide bonds. The number of nitrogens with zero attached hydrogens (tertiary/aromatic N) is 5. The van der Waals surface area contributed by atoms with Crippen LogP contribution in [-0.4, -0.2) is 66.4 Å². The molecule has 0 radical (unpaired) electrons. The van der Waals surface area contributed by atoms with Crippen LogP contribution in [0.3, 0.4) is 0 Å². The second-order valence-electron chi connectivity index (χ2n) is 7.99. The fraction of sp³-hybridized carbons (Fsp3) is 0.304. The molecular formula is C23H20F7N7O3. The summed E-state index contributed by atoms with van der Waals surface area (Å²) in [7, 11) is 0. The Morgan fingerprint density at radius 2 is 1.60 bits per heavy atom. The summed E-state index contributed by atoms with van der Waals surface area (Å²) in [6.45, 7) is 1.81. The number of hydrogen-bond acceptors (Lipinski definition) is 10. The molecule has 0 saturated carbocycles. The minimum atomic E-state index is -4.83. The van der Waals surface area contributed by atoms with Crippen LogP contribution >= 0.6 is 0 Å². The molecule has 2 N–H and O–H groups in total. The van der Waals surface area contributed by atoms with Gasteiger partial charge in [-0.25, -0.2) is 5.43 Å². The molecule has 1 saturated heterocycles. The number of aromatic nitrogens is 3. The van der Waals surface area contributed by atoms with Gasteiger partial charge >= 0.3 is 18.9 Å². The van der Waals surface area contributed by atoms with E-state index < -0.39 is 30.4 Å². The monoisotopic (exact) mass is 575 g/mol. The average Bonchev–Trinajstić information content (AvgIpc) is 2.89. The molecule has 3 aromatic rings. The Morgan fingerprint density at radius 3 is 2.27 bits per heavy atom. The lowest BCUT2D eigenvalue weighted by atomic mass is 10.2. The zero-order valence-electron chi connectivity index (χ0n) is 20.2. The van der Waals surface area contributed by atoms with Crippen LogP contribution in [0.4, 0.5) is 54.3 Å². The van der Waals surface area contributed by atoms with Crippen LogP contribution in [-0.2, 0) is 4.74 Å². The van der Waals surface area contributed by atoms with Gasteiger partial charge in [0.15, 0.2) is 0 Å². The van der Waals surface area contributed by atoms with E-state index in [0.29, 0.717) is 32.0 Å². The minimum Gasteiger partial charge on any atom is -0.428 e. The molecule has 17 heteroatoms. The summed E-state index contributed by atoms with van der Waals surface area (Å²) in [5, 5.41) is 6.81. The molecule has 1 fully saturated rings. The zero-order valence-corrected chi connectivity index (χ0v) is 20.2. The summed E-state index contributed by atoms with van der Waals surface area (Å²) >= 11 is 0. The van der Waals surface area contributed by atoms with E-state index in [1.807, 2.05) is 4.90 Å². The number of ether oxygens (including phenoxy) is 3. The van der Waals surface area contributed by atoms with Crippen molar-refractivity contribution in [1.29, 1.82) is 0 Å². The van der Waals surface area contributed by atoms with Gasteiger partial charge in [0, 0.05) is 18.8 Å². The summed E-state index contributed by atoms with van der Waals surface area (Å²) in [4.78, 5) is 14.6. The van der Waals surface area contributed by atoms with Crippen LogP contribution in [0.2, 0.25) is 0 Å². The lowest BCUT2D eigenvalue weighted by molar-refractivity contribution is -0.274. The van der Waals surface area contributed by atoms with Crippen molar-refractivity contribution < 1.29 is 44.9 Å². The van der Waals surface area contributed by atoms with E-state index in [9.17, 15) is 30.7 Å². The van der Waals surface area contributed by atoms with Crippen molar-refractivity contribution >= 4 is 29.7 Å². The minimum absolute atomic E-state index is 0.0308. The highest BCUT2D eigenvalue weighted by atomic mass is 19.4. The van der Waals surface area contributed by atoms with Crippen molar-refractivity contribution in [2.45, 2.75) is 18.9 Å². The molecule has 1 aromatic heterocycles. The van der Waals surface area contributed by atoms with Crippen LogP contribution in [0.1, 0.15) is 5.56 Å². The standard InChI is InChI=1S/C23H20F7N7O3/c24-18(25)22(26,27)39-17-3-1-2-14(12-17)13-31-36-20-33-19(34-21(35-20)37-8-10-38-11-9-37)32-15-4-6-16(7-5-15)40-23(28,29)30/h1-7,12-13,18H,8-11H2,(H2,32,33,34,35,36)/b31-13+. The van der Waals surface area contributed by atoms with Gasteiger partial charge in [-0.05, 0) is 42.0 Å². The third kappa shape index (κ3) is 8.29. The Morgan fingerprint density at radius 1 is 0.900 bits per heavy atom. The van der Waals surface area contributed by atoms with Gasteiger partial charge < -0.3 is 24.4 Å². The Balaban J connectivity index is 1.50. The molecule has 0 aliphatic carbocycles. The smallest absolute Gasteiger partial charge is 0.428 e. The van der Waals surface area contributed by atoms with E-state index in [4.69, 9.17) is 4.74 Å². The number of hydrogen-bond donors (Lipinski definition) is 2. The predicted octanol–water partition coefficient (Wildman–Crippen LogP) is 5.03. The lowest BCUT2D eigenvalue weighted by Crippen LogP contribution is -2.37. The van der Waals surface area contributed by atoms with Gasteiger partial charge in [0.2, 0.25) is 17.8 Å². The topological polar surface area (TPSA) is 106 Å². The first-order chi connectivity index (χ1) is 19.0. The normalized spacial score (nSPS) is 14.4. The third-order valence-corrected chi connectivity index (χ3v) is 5.01. The van der Waals surface area contributed by atoms with Gasteiger partial charge in [0.1, 0.15) is 11.5 Å². The average molecular weight is 575 g/mol. The summed E-state index contributed by atoms with van der Waals surface area (Å²) in [5.41, 5.74) is 3.16. The molecule has 0 bridgehead atoms. The first kappa shape index (κ1) is 28.6. The zero-order chi connectivity index (χ0) is 28.8. The highest BCUT2D eigenvalue weighted by Gasteiger charge is 2.44. The van der Waals surface area contributed by atoms with Gasteiger partial charge in [-0.3, -0.25) is 0 Å². The fourth-order valence-electron chi connectivity index (χ4n) is 3.27. The molecular weight excluding hydrogens is 555 g/mol. The van der Waals surface area contributed by atoms with Crippen molar-refractivity contribution in [3.63, 3.8) is 0 Å². The first-order valence-corrected chi connectivity index (χ1v) is 11.4. The van der Waals surface area contributed by atoms with E-state index in [0.717, 1.165) is 24.3 Å². The van der Waals surface area contributed by atoms with Crippen LogP contribution < -0.4 is 25.1 Å². The maximum atomic E-state index is 13.2. The van der Waals surface area contributed by atoms with E-state index in [-0.39, 0.29) is 23.4 Å². The van der Waals surface area contributed by atoms with Crippen LogP contribution in [0.5, 0.6) is 11.5 Å². The number of rotatable bonds is 10. The number of nitrogens with one attached hydrogen (secondary N) is 2. The molecule has 2 heterocycles. The molecule has 0 unspecified atom stereocenters. The van der Waals surface area contributed by atoms with E-state index >= 15 is 0 Å². The summed E-state index contributed by atoms with van der Waals surface area (Å²) in [6, 6.07) is 9.81. The van der Waals surface area contributed by atoms with Crippen molar-refractivity contribution in [3.8, 4) is 11.5 Å². The van der Waals surface area contributed by atoms with E-state index in [1.54, 1.807) is 0 Å². The molecule has 2 aromatic carbocycles. The number of alkyl halides is 7. The van der Waals surface area contributed by atoms with Crippen LogP contribution in [0.15, 0.2) is 53.6 Å². The molecule has 214 valence electrons. The van der Waals surface area contributed by atoms with Crippen molar-refractivity contribution in [2.24, 2.45) is 5.10 Å². The predicted molar refractivity (Wildman–Crippen MR) is 129 cm³/mol.